The van der Waals surface area contributed by atoms with Crippen molar-refractivity contribution in [1.82, 2.24) is 9.80 Å². The molecular weight excluding hydrogens is 446 g/mol. The van der Waals surface area contributed by atoms with Crippen molar-refractivity contribution in [3.05, 3.63) is 54.1 Å². The number of fused-ring (bicyclic) bond motifs is 1. The van der Waals surface area contributed by atoms with Crippen LogP contribution in [0.4, 0.5) is 5.69 Å². The zero-order chi connectivity index (χ0) is 25.1. The van der Waals surface area contributed by atoms with E-state index >= 15 is 0 Å². The molecule has 8 heteroatoms. The number of piperidine rings is 1. The number of likely N-dealkylation sites (N-methyl/N-ethyl adjacent to an activating group) is 1. The first kappa shape index (κ1) is 24.6. The molecule has 2 aliphatic rings. The van der Waals surface area contributed by atoms with E-state index in [9.17, 15) is 14.4 Å². The van der Waals surface area contributed by atoms with Gasteiger partial charge in [0, 0.05) is 31.7 Å². The van der Waals surface area contributed by atoms with Gasteiger partial charge in [-0.1, -0.05) is 12.1 Å². The van der Waals surface area contributed by atoms with Gasteiger partial charge in [-0.25, -0.2) is 0 Å². The van der Waals surface area contributed by atoms with Gasteiger partial charge in [0.15, 0.2) is 12.7 Å². The molecular formula is C27H33N3O5. The number of para-hydroxylation sites is 2. The van der Waals surface area contributed by atoms with Crippen molar-refractivity contribution in [3.8, 4) is 11.5 Å². The molecule has 0 bridgehead atoms. The van der Waals surface area contributed by atoms with Gasteiger partial charge in [-0.05, 0) is 69.5 Å². The quantitative estimate of drug-likeness (QED) is 0.657. The molecule has 1 fully saturated rings. The Morgan fingerprint density at radius 2 is 1.66 bits per heavy atom. The predicted octanol–water partition coefficient (Wildman–Crippen LogP) is 3.35. The molecule has 35 heavy (non-hydrogen) atoms. The molecule has 0 unspecified atom stereocenters. The van der Waals surface area contributed by atoms with Crippen LogP contribution >= 0.6 is 0 Å². The Balaban J connectivity index is 1.44. The van der Waals surface area contributed by atoms with Gasteiger partial charge in [0.25, 0.3) is 17.7 Å². The summed E-state index contributed by atoms with van der Waals surface area (Å²) in [4.78, 5) is 43.6. The van der Waals surface area contributed by atoms with E-state index in [1.165, 1.54) is 4.90 Å². The molecule has 3 atom stereocenters. The number of carbonyl (C=O) groups is 3. The van der Waals surface area contributed by atoms with Gasteiger partial charge in [0.2, 0.25) is 0 Å². The SMILES string of the molecule is C[C@@H]1CCC[C@@H](C)N1C(=O)COc1ccc(C(=O)N2C[C@H](C(=O)N(C)C)Oc3ccccc32)cc1. The molecule has 0 spiro atoms. The number of carbonyl (C=O) groups excluding carboxylic acids is 3. The second kappa shape index (κ2) is 10.4. The van der Waals surface area contributed by atoms with E-state index in [0.29, 0.717) is 22.7 Å². The Labute approximate surface area is 206 Å². The molecule has 186 valence electrons. The van der Waals surface area contributed by atoms with Crippen molar-refractivity contribution >= 4 is 23.4 Å². The number of hydrogen-bond donors (Lipinski definition) is 0. The first-order valence-electron chi connectivity index (χ1n) is 12.1. The third kappa shape index (κ3) is 5.26. The van der Waals surface area contributed by atoms with E-state index in [4.69, 9.17) is 9.47 Å². The first-order valence-corrected chi connectivity index (χ1v) is 12.1. The molecule has 2 aromatic rings. The van der Waals surface area contributed by atoms with Gasteiger partial charge in [-0.15, -0.1) is 0 Å². The lowest BCUT2D eigenvalue weighted by Gasteiger charge is -2.39. The van der Waals surface area contributed by atoms with E-state index < -0.39 is 6.10 Å². The number of ether oxygens (including phenoxy) is 2. The van der Waals surface area contributed by atoms with Crippen LogP contribution in [-0.2, 0) is 9.59 Å². The number of benzene rings is 2. The Morgan fingerprint density at radius 1 is 1.00 bits per heavy atom. The molecule has 2 aromatic carbocycles. The summed E-state index contributed by atoms with van der Waals surface area (Å²) in [5.41, 5.74) is 1.07. The highest BCUT2D eigenvalue weighted by molar-refractivity contribution is 6.08. The van der Waals surface area contributed by atoms with E-state index in [1.54, 1.807) is 55.4 Å². The average Bonchev–Trinajstić information content (AvgIpc) is 2.86. The van der Waals surface area contributed by atoms with Crippen LogP contribution in [0.2, 0.25) is 0 Å². The molecule has 1 saturated heterocycles. The number of likely N-dealkylation sites (tertiary alicyclic amines) is 1. The van der Waals surface area contributed by atoms with Gasteiger partial charge in [0.1, 0.15) is 11.5 Å². The maximum atomic E-state index is 13.4. The van der Waals surface area contributed by atoms with Gasteiger partial charge in [-0.3, -0.25) is 14.4 Å². The highest BCUT2D eigenvalue weighted by atomic mass is 16.5. The molecule has 2 heterocycles. The minimum atomic E-state index is -0.781. The minimum Gasteiger partial charge on any atom is -0.484 e. The summed E-state index contributed by atoms with van der Waals surface area (Å²) in [7, 11) is 3.32. The van der Waals surface area contributed by atoms with E-state index in [0.717, 1.165) is 19.3 Å². The van der Waals surface area contributed by atoms with Crippen LogP contribution in [0, 0.1) is 0 Å². The Hall–Kier alpha value is -3.55. The maximum Gasteiger partial charge on any atom is 0.265 e. The third-order valence-corrected chi connectivity index (χ3v) is 6.68. The maximum absolute atomic E-state index is 13.4. The summed E-state index contributed by atoms with van der Waals surface area (Å²) in [6.07, 6.45) is 2.38. The van der Waals surface area contributed by atoms with Crippen LogP contribution in [0.25, 0.3) is 0 Å². The van der Waals surface area contributed by atoms with Crippen LogP contribution in [0.15, 0.2) is 48.5 Å². The van der Waals surface area contributed by atoms with Crippen molar-refractivity contribution in [2.45, 2.75) is 51.3 Å². The highest BCUT2D eigenvalue weighted by Crippen LogP contribution is 2.34. The van der Waals surface area contributed by atoms with Crippen LogP contribution in [-0.4, -0.2) is 73.0 Å². The molecule has 0 aromatic heterocycles. The van der Waals surface area contributed by atoms with Crippen molar-refractivity contribution in [2.75, 3.05) is 32.1 Å². The monoisotopic (exact) mass is 479 g/mol. The van der Waals surface area contributed by atoms with Gasteiger partial charge in [-0.2, -0.15) is 0 Å². The second-order valence-corrected chi connectivity index (χ2v) is 9.47. The molecule has 4 rings (SSSR count). The molecule has 3 amide bonds. The third-order valence-electron chi connectivity index (χ3n) is 6.68. The Morgan fingerprint density at radius 3 is 2.31 bits per heavy atom. The zero-order valence-corrected chi connectivity index (χ0v) is 20.8. The normalized spacial score (nSPS) is 21.5. The largest absolute Gasteiger partial charge is 0.484 e. The van der Waals surface area contributed by atoms with E-state index in [1.807, 2.05) is 17.0 Å². The van der Waals surface area contributed by atoms with E-state index in [-0.39, 0.29) is 43.0 Å². The van der Waals surface area contributed by atoms with Crippen LogP contribution in [0.3, 0.4) is 0 Å². The van der Waals surface area contributed by atoms with Crippen LogP contribution in [0.1, 0.15) is 43.5 Å². The van der Waals surface area contributed by atoms with Gasteiger partial charge >= 0.3 is 0 Å². The fourth-order valence-corrected chi connectivity index (χ4v) is 4.83. The summed E-state index contributed by atoms with van der Waals surface area (Å²) >= 11 is 0. The molecule has 0 aliphatic carbocycles. The van der Waals surface area contributed by atoms with Crippen LogP contribution in [0.5, 0.6) is 11.5 Å². The number of anilines is 1. The first-order chi connectivity index (χ1) is 16.8. The van der Waals surface area contributed by atoms with Gasteiger partial charge < -0.3 is 24.2 Å². The summed E-state index contributed by atoms with van der Waals surface area (Å²) in [5.74, 6) is 0.549. The van der Waals surface area contributed by atoms with Crippen molar-refractivity contribution in [2.24, 2.45) is 0 Å². The molecule has 0 saturated carbocycles. The minimum absolute atomic E-state index is 0.0219. The summed E-state index contributed by atoms with van der Waals surface area (Å²) in [6, 6.07) is 14.4. The van der Waals surface area contributed by atoms with E-state index in [2.05, 4.69) is 13.8 Å². The summed E-state index contributed by atoms with van der Waals surface area (Å²) in [6.45, 7) is 4.24. The fraction of sp³-hybridized carbons (Fsp3) is 0.444. The summed E-state index contributed by atoms with van der Waals surface area (Å²) in [5, 5.41) is 0. The van der Waals surface area contributed by atoms with Crippen molar-refractivity contribution in [3.63, 3.8) is 0 Å². The summed E-state index contributed by atoms with van der Waals surface area (Å²) < 4.78 is 11.6. The molecule has 0 N–H and O–H groups in total. The highest BCUT2D eigenvalue weighted by Gasteiger charge is 2.35. The lowest BCUT2D eigenvalue weighted by molar-refractivity contribution is -0.139. The number of amides is 3. The Bertz CT molecular complexity index is 1070. The topological polar surface area (TPSA) is 79.4 Å². The number of rotatable bonds is 5. The molecule has 2 aliphatic heterocycles. The zero-order valence-electron chi connectivity index (χ0n) is 20.8. The van der Waals surface area contributed by atoms with Crippen molar-refractivity contribution < 1.29 is 23.9 Å². The standard InChI is InChI=1S/C27H33N3O5/c1-18-8-7-9-19(2)30(18)25(31)17-34-21-14-12-20(13-15-21)26(32)29-16-24(27(33)28(3)4)35-23-11-6-5-10-22(23)29/h5-6,10-15,18-19,24H,7-9,16-17H2,1-4H3/t18-,19-,24-/m1/s1. The number of nitrogens with zero attached hydrogens (tertiary/aromatic N) is 3. The Kier molecular flexibility index (Phi) is 7.28. The smallest absolute Gasteiger partial charge is 0.265 e. The lowest BCUT2D eigenvalue weighted by Crippen LogP contribution is -2.50. The van der Waals surface area contributed by atoms with Crippen molar-refractivity contribution in [1.29, 1.82) is 0 Å². The average molecular weight is 480 g/mol. The second-order valence-electron chi connectivity index (χ2n) is 9.47. The number of hydrogen-bond acceptors (Lipinski definition) is 5. The fourth-order valence-electron chi connectivity index (χ4n) is 4.83. The molecule has 0 radical (unpaired) electrons. The van der Waals surface area contributed by atoms with Gasteiger partial charge in [0.05, 0.1) is 12.2 Å². The van der Waals surface area contributed by atoms with Crippen LogP contribution < -0.4 is 14.4 Å². The predicted molar refractivity (Wildman–Crippen MR) is 133 cm³/mol. The molecule has 8 nitrogen and oxygen atoms in total. The lowest BCUT2D eigenvalue weighted by atomic mass is 9.97.